The zero-order valence-corrected chi connectivity index (χ0v) is 9.47. The van der Waals surface area contributed by atoms with Crippen LogP contribution in [-0.2, 0) is 6.42 Å². The molecule has 1 aromatic heterocycles. The maximum Gasteiger partial charge on any atom is 0.104 e. The molecule has 3 heterocycles. The SMILES string of the molecule is CN1C2CCC1c1sc(N)c(C#N)c1C2. The highest BCUT2D eigenvalue weighted by Gasteiger charge is 2.40. The van der Waals surface area contributed by atoms with E-state index < -0.39 is 0 Å². The number of nitriles is 1. The second-order valence-corrected chi connectivity index (χ2v) is 5.50. The van der Waals surface area contributed by atoms with E-state index in [4.69, 9.17) is 11.0 Å². The maximum absolute atomic E-state index is 9.09. The zero-order chi connectivity index (χ0) is 10.6. The molecule has 78 valence electrons. The van der Waals surface area contributed by atoms with Crippen LogP contribution in [0.5, 0.6) is 0 Å². The first-order valence-corrected chi connectivity index (χ1v) is 6.07. The fraction of sp³-hybridized carbons (Fsp3) is 0.545. The number of nitrogens with zero attached hydrogens (tertiary/aromatic N) is 2. The molecule has 2 atom stereocenters. The fourth-order valence-corrected chi connectivity index (χ4v) is 4.14. The minimum atomic E-state index is 0.521. The van der Waals surface area contributed by atoms with E-state index >= 15 is 0 Å². The monoisotopic (exact) mass is 219 g/mol. The molecule has 1 fully saturated rings. The molecule has 4 heteroatoms. The van der Waals surface area contributed by atoms with Crippen molar-refractivity contribution in [2.75, 3.05) is 12.8 Å². The number of rotatable bonds is 0. The number of hydrogen-bond donors (Lipinski definition) is 1. The van der Waals surface area contributed by atoms with Gasteiger partial charge in [-0.2, -0.15) is 5.26 Å². The summed E-state index contributed by atoms with van der Waals surface area (Å²) in [7, 11) is 2.19. The number of thiophene rings is 1. The third-order valence-corrected chi connectivity index (χ3v) is 4.92. The van der Waals surface area contributed by atoms with Crippen LogP contribution >= 0.6 is 11.3 Å². The van der Waals surface area contributed by atoms with Crippen LogP contribution in [0, 0.1) is 11.3 Å². The van der Waals surface area contributed by atoms with Crippen molar-refractivity contribution in [1.29, 1.82) is 5.26 Å². The summed E-state index contributed by atoms with van der Waals surface area (Å²) < 4.78 is 0. The Morgan fingerprint density at radius 1 is 1.53 bits per heavy atom. The van der Waals surface area contributed by atoms with Gasteiger partial charge in [0, 0.05) is 17.0 Å². The molecule has 3 rings (SSSR count). The van der Waals surface area contributed by atoms with E-state index in [1.165, 1.54) is 23.3 Å². The summed E-state index contributed by atoms with van der Waals surface area (Å²) in [6.45, 7) is 0. The highest BCUT2D eigenvalue weighted by molar-refractivity contribution is 7.16. The minimum absolute atomic E-state index is 0.521. The molecule has 2 aliphatic rings. The predicted molar refractivity (Wildman–Crippen MR) is 60.7 cm³/mol. The number of nitrogens with two attached hydrogens (primary N) is 1. The van der Waals surface area contributed by atoms with Crippen LogP contribution in [0.2, 0.25) is 0 Å². The maximum atomic E-state index is 9.09. The molecular formula is C11H13N3S. The molecular weight excluding hydrogens is 206 g/mol. The van der Waals surface area contributed by atoms with Gasteiger partial charge < -0.3 is 5.73 Å². The van der Waals surface area contributed by atoms with Crippen molar-refractivity contribution >= 4 is 16.3 Å². The van der Waals surface area contributed by atoms with Crippen molar-refractivity contribution in [2.45, 2.75) is 31.3 Å². The second-order valence-electron chi connectivity index (χ2n) is 4.41. The van der Waals surface area contributed by atoms with Gasteiger partial charge in [0.15, 0.2) is 0 Å². The molecule has 0 radical (unpaired) electrons. The van der Waals surface area contributed by atoms with E-state index in [0.717, 1.165) is 12.0 Å². The Bertz CT molecular complexity index is 457. The van der Waals surface area contributed by atoms with Gasteiger partial charge in [-0.15, -0.1) is 11.3 Å². The Hall–Kier alpha value is -1.05. The summed E-state index contributed by atoms with van der Waals surface area (Å²) in [6, 6.07) is 3.40. The van der Waals surface area contributed by atoms with E-state index in [0.29, 0.717) is 17.1 Å². The lowest BCUT2D eigenvalue weighted by atomic mass is 9.98. The molecule has 2 N–H and O–H groups in total. The van der Waals surface area contributed by atoms with Crippen molar-refractivity contribution in [3.05, 3.63) is 16.0 Å². The van der Waals surface area contributed by atoms with Crippen molar-refractivity contribution in [3.63, 3.8) is 0 Å². The Kier molecular flexibility index (Phi) is 1.82. The molecule has 15 heavy (non-hydrogen) atoms. The van der Waals surface area contributed by atoms with Gasteiger partial charge in [0.2, 0.25) is 0 Å². The third kappa shape index (κ3) is 1.08. The quantitative estimate of drug-likeness (QED) is 0.725. The highest BCUT2D eigenvalue weighted by atomic mass is 32.1. The van der Waals surface area contributed by atoms with E-state index in [2.05, 4.69) is 18.0 Å². The largest absolute Gasteiger partial charge is 0.389 e. The van der Waals surface area contributed by atoms with E-state index in [-0.39, 0.29) is 0 Å². The average Bonchev–Trinajstić information content (AvgIpc) is 2.64. The standard InChI is InChI=1S/C11H13N3S/c1-14-6-2-3-9(14)10-7(4-6)8(5-12)11(13)15-10/h6,9H,2-4,13H2,1H3. The van der Waals surface area contributed by atoms with Crippen molar-refractivity contribution in [3.8, 4) is 6.07 Å². The Morgan fingerprint density at radius 3 is 3.07 bits per heavy atom. The van der Waals surface area contributed by atoms with E-state index in [1.807, 2.05) is 0 Å². The first kappa shape index (κ1) is 9.20. The third-order valence-electron chi connectivity index (χ3n) is 3.76. The minimum Gasteiger partial charge on any atom is -0.389 e. The number of anilines is 1. The summed E-state index contributed by atoms with van der Waals surface area (Å²) >= 11 is 1.62. The molecule has 2 bridgehead atoms. The van der Waals surface area contributed by atoms with Gasteiger partial charge in [-0.1, -0.05) is 0 Å². The average molecular weight is 219 g/mol. The molecule has 0 spiro atoms. The van der Waals surface area contributed by atoms with Gasteiger partial charge in [0.25, 0.3) is 0 Å². The molecule has 1 saturated heterocycles. The summed E-state index contributed by atoms with van der Waals surface area (Å²) in [5, 5.41) is 9.80. The summed E-state index contributed by atoms with van der Waals surface area (Å²) in [6.07, 6.45) is 3.49. The Labute approximate surface area is 93.1 Å². The number of hydrogen-bond acceptors (Lipinski definition) is 4. The normalized spacial score (nSPS) is 28.8. The van der Waals surface area contributed by atoms with Crippen LogP contribution in [0.4, 0.5) is 5.00 Å². The van der Waals surface area contributed by atoms with Gasteiger partial charge in [0.1, 0.15) is 11.1 Å². The van der Waals surface area contributed by atoms with E-state index in [9.17, 15) is 0 Å². The number of likely N-dealkylation sites (N-methyl/N-ethyl adjacent to an activating group) is 1. The Balaban J connectivity index is 2.18. The van der Waals surface area contributed by atoms with Crippen LogP contribution < -0.4 is 5.73 Å². The molecule has 2 unspecified atom stereocenters. The molecule has 0 aliphatic carbocycles. The van der Waals surface area contributed by atoms with Crippen LogP contribution in [0.1, 0.15) is 34.9 Å². The summed E-state index contributed by atoms with van der Waals surface area (Å²) in [4.78, 5) is 3.79. The van der Waals surface area contributed by atoms with Gasteiger partial charge in [-0.3, -0.25) is 4.90 Å². The lowest BCUT2D eigenvalue weighted by Crippen LogP contribution is -2.33. The Morgan fingerprint density at radius 2 is 2.33 bits per heavy atom. The number of fused-ring (bicyclic) bond motifs is 4. The molecule has 3 nitrogen and oxygen atoms in total. The van der Waals surface area contributed by atoms with Crippen LogP contribution in [0.25, 0.3) is 0 Å². The van der Waals surface area contributed by atoms with Crippen molar-refractivity contribution in [2.24, 2.45) is 0 Å². The second kappa shape index (κ2) is 2.97. The van der Waals surface area contributed by atoms with Crippen LogP contribution in [0.15, 0.2) is 0 Å². The highest BCUT2D eigenvalue weighted by Crippen LogP contribution is 2.48. The zero-order valence-electron chi connectivity index (χ0n) is 8.66. The summed E-state index contributed by atoms with van der Waals surface area (Å²) in [5.74, 6) is 0. The van der Waals surface area contributed by atoms with Gasteiger partial charge >= 0.3 is 0 Å². The lowest BCUT2D eigenvalue weighted by Gasteiger charge is -2.30. The lowest BCUT2D eigenvalue weighted by molar-refractivity contribution is 0.228. The van der Waals surface area contributed by atoms with Gasteiger partial charge in [-0.25, -0.2) is 0 Å². The fourth-order valence-electron chi connectivity index (χ4n) is 2.91. The molecule has 0 amide bonds. The number of nitrogen functional groups attached to an aromatic ring is 1. The first-order valence-electron chi connectivity index (χ1n) is 5.25. The van der Waals surface area contributed by atoms with Gasteiger partial charge in [0.05, 0.1) is 5.56 Å². The van der Waals surface area contributed by atoms with Crippen LogP contribution in [0.3, 0.4) is 0 Å². The van der Waals surface area contributed by atoms with Crippen molar-refractivity contribution < 1.29 is 0 Å². The van der Waals surface area contributed by atoms with Crippen LogP contribution in [-0.4, -0.2) is 18.0 Å². The first-order chi connectivity index (χ1) is 7.22. The van der Waals surface area contributed by atoms with Crippen molar-refractivity contribution in [1.82, 2.24) is 4.90 Å². The van der Waals surface area contributed by atoms with E-state index in [1.54, 1.807) is 11.3 Å². The molecule has 0 aromatic carbocycles. The topological polar surface area (TPSA) is 53.0 Å². The molecule has 1 aromatic rings. The molecule has 2 aliphatic heterocycles. The summed E-state index contributed by atoms with van der Waals surface area (Å²) in [5.41, 5.74) is 7.88. The smallest absolute Gasteiger partial charge is 0.104 e. The van der Waals surface area contributed by atoms with Gasteiger partial charge in [-0.05, 0) is 31.9 Å². The predicted octanol–water partition coefficient (Wildman–Crippen LogP) is 1.89. The molecule has 0 saturated carbocycles.